The third-order valence-corrected chi connectivity index (χ3v) is 7.21. The van der Waals surface area contributed by atoms with Crippen molar-refractivity contribution in [2.75, 3.05) is 37.3 Å². The summed E-state index contributed by atoms with van der Waals surface area (Å²) in [5, 5.41) is 10.4. The predicted molar refractivity (Wildman–Crippen MR) is 139 cm³/mol. The molecule has 1 aliphatic heterocycles. The molecule has 0 aromatic heterocycles. The predicted octanol–water partition coefficient (Wildman–Crippen LogP) is 5.44. The van der Waals surface area contributed by atoms with Crippen molar-refractivity contribution in [2.24, 2.45) is 5.92 Å². The summed E-state index contributed by atoms with van der Waals surface area (Å²) < 4.78 is 0. The summed E-state index contributed by atoms with van der Waals surface area (Å²) in [4.78, 5) is 14.4. The highest BCUT2D eigenvalue weighted by Gasteiger charge is 2.26. The first-order valence-corrected chi connectivity index (χ1v) is 12.4. The molecule has 5 rings (SSSR count). The van der Waals surface area contributed by atoms with Crippen molar-refractivity contribution in [1.29, 1.82) is 0 Å². The molecule has 1 heterocycles. The molecule has 3 N–H and O–H groups in total. The molecule has 33 heavy (non-hydrogen) atoms. The minimum absolute atomic E-state index is 0. The second-order valence-corrected chi connectivity index (χ2v) is 9.87. The molecule has 0 spiro atoms. The summed E-state index contributed by atoms with van der Waals surface area (Å²) in [6.45, 7) is 3.80. The van der Waals surface area contributed by atoms with Crippen molar-refractivity contribution in [1.82, 2.24) is 10.2 Å². The zero-order valence-electron chi connectivity index (χ0n) is 19.7. The number of likely N-dealkylation sites (N-methyl/N-ethyl adjacent to an activating group) is 1. The monoisotopic (exact) mass is 468 g/mol. The first kappa shape index (κ1) is 23.9. The molecule has 0 atom stereocenters. The number of anilines is 3. The Balaban J connectivity index is 0.00000259. The van der Waals surface area contributed by atoms with Crippen LogP contribution in [-0.4, -0.2) is 37.5 Å². The Morgan fingerprint density at radius 2 is 1.79 bits per heavy atom. The van der Waals surface area contributed by atoms with Gasteiger partial charge in [0.15, 0.2) is 0 Å². The number of benzene rings is 2. The molecule has 2 fully saturated rings. The Kier molecular flexibility index (Phi) is 7.82. The molecule has 5 nitrogen and oxygen atoms in total. The molecule has 0 bridgehead atoms. The average molecular weight is 469 g/mol. The Hall–Kier alpha value is -2.24. The summed E-state index contributed by atoms with van der Waals surface area (Å²) in [5.41, 5.74) is 7.87. The number of amides is 1. The number of hydrogen-bond acceptors (Lipinski definition) is 4. The van der Waals surface area contributed by atoms with Crippen LogP contribution in [0.25, 0.3) is 0 Å². The quantitative estimate of drug-likeness (QED) is 0.429. The van der Waals surface area contributed by atoms with E-state index in [0.717, 1.165) is 63.2 Å². The van der Waals surface area contributed by atoms with Crippen molar-refractivity contribution in [3.05, 3.63) is 53.1 Å². The van der Waals surface area contributed by atoms with Crippen LogP contribution >= 0.6 is 12.4 Å². The van der Waals surface area contributed by atoms with Gasteiger partial charge in [-0.3, -0.25) is 4.79 Å². The lowest BCUT2D eigenvalue weighted by Crippen LogP contribution is -2.35. The van der Waals surface area contributed by atoms with Crippen LogP contribution in [-0.2, 0) is 17.8 Å². The Morgan fingerprint density at radius 1 is 1.00 bits per heavy atom. The van der Waals surface area contributed by atoms with E-state index in [0.29, 0.717) is 5.92 Å². The van der Waals surface area contributed by atoms with Crippen molar-refractivity contribution in [2.45, 2.75) is 57.4 Å². The van der Waals surface area contributed by atoms with Crippen LogP contribution < -0.4 is 16.0 Å². The fourth-order valence-electron chi connectivity index (χ4n) is 4.81. The smallest absolute Gasteiger partial charge is 0.223 e. The first-order valence-electron chi connectivity index (χ1n) is 12.4. The summed E-state index contributed by atoms with van der Waals surface area (Å²) in [6.07, 6.45) is 7.98. The molecule has 178 valence electrons. The SMILES string of the molecule is CN1CCc2cc(Nc3ccc(C4CC4)c(NCCCNC(=O)C4CCC4)c3)ccc2C1.Cl. The van der Waals surface area contributed by atoms with Crippen LogP contribution in [0.5, 0.6) is 0 Å². The molecule has 3 aliphatic rings. The lowest BCUT2D eigenvalue weighted by atomic mass is 9.85. The van der Waals surface area contributed by atoms with E-state index in [1.165, 1.54) is 41.6 Å². The van der Waals surface area contributed by atoms with Crippen LogP contribution in [0.1, 0.15) is 61.1 Å². The number of rotatable bonds is 9. The third-order valence-electron chi connectivity index (χ3n) is 7.21. The van der Waals surface area contributed by atoms with E-state index in [4.69, 9.17) is 0 Å². The minimum Gasteiger partial charge on any atom is -0.385 e. The lowest BCUT2D eigenvalue weighted by molar-refractivity contribution is -0.127. The molecule has 2 aromatic rings. The number of halogens is 1. The van der Waals surface area contributed by atoms with Gasteiger partial charge in [-0.15, -0.1) is 12.4 Å². The summed E-state index contributed by atoms with van der Waals surface area (Å²) in [5.74, 6) is 1.22. The van der Waals surface area contributed by atoms with E-state index in [1.807, 2.05) is 0 Å². The topological polar surface area (TPSA) is 56.4 Å². The van der Waals surface area contributed by atoms with Crippen LogP contribution in [0.15, 0.2) is 36.4 Å². The van der Waals surface area contributed by atoms with Gasteiger partial charge in [0.25, 0.3) is 0 Å². The van der Waals surface area contributed by atoms with E-state index < -0.39 is 0 Å². The van der Waals surface area contributed by atoms with Gasteiger partial charge in [-0.25, -0.2) is 0 Å². The number of carbonyl (C=O) groups excluding carboxylic acids is 1. The highest BCUT2D eigenvalue weighted by atomic mass is 35.5. The van der Waals surface area contributed by atoms with E-state index in [2.05, 4.69) is 64.3 Å². The van der Waals surface area contributed by atoms with Gasteiger partial charge in [-0.2, -0.15) is 0 Å². The third kappa shape index (κ3) is 6.01. The van der Waals surface area contributed by atoms with Gasteiger partial charge in [-0.05, 0) is 92.4 Å². The zero-order chi connectivity index (χ0) is 21.9. The average Bonchev–Trinajstić information content (AvgIpc) is 3.58. The van der Waals surface area contributed by atoms with Gasteiger partial charge in [0.05, 0.1) is 0 Å². The second-order valence-electron chi connectivity index (χ2n) is 9.87. The highest BCUT2D eigenvalue weighted by molar-refractivity contribution is 5.85. The highest BCUT2D eigenvalue weighted by Crippen LogP contribution is 2.44. The largest absolute Gasteiger partial charge is 0.385 e. The molecule has 0 radical (unpaired) electrons. The molecular weight excluding hydrogens is 432 g/mol. The van der Waals surface area contributed by atoms with Gasteiger partial charge in [0.2, 0.25) is 5.91 Å². The maximum atomic E-state index is 12.0. The fraction of sp³-hybridized carbons (Fsp3) is 0.519. The summed E-state index contributed by atoms with van der Waals surface area (Å²) in [6, 6.07) is 13.5. The van der Waals surface area contributed by atoms with E-state index >= 15 is 0 Å². The van der Waals surface area contributed by atoms with E-state index in [-0.39, 0.29) is 24.2 Å². The van der Waals surface area contributed by atoms with Crippen molar-refractivity contribution >= 4 is 35.4 Å². The van der Waals surface area contributed by atoms with Crippen molar-refractivity contribution in [3.8, 4) is 0 Å². The van der Waals surface area contributed by atoms with Crippen LogP contribution in [0.4, 0.5) is 17.1 Å². The maximum Gasteiger partial charge on any atom is 0.223 e. The second kappa shape index (κ2) is 10.8. The number of fused-ring (bicyclic) bond motifs is 1. The van der Waals surface area contributed by atoms with Crippen LogP contribution in [0.2, 0.25) is 0 Å². The number of hydrogen-bond donors (Lipinski definition) is 3. The Bertz CT molecular complexity index is 971. The van der Waals surface area contributed by atoms with Crippen molar-refractivity contribution in [3.63, 3.8) is 0 Å². The molecule has 2 aromatic carbocycles. The molecule has 1 amide bonds. The molecule has 2 saturated carbocycles. The van der Waals surface area contributed by atoms with Crippen molar-refractivity contribution < 1.29 is 4.79 Å². The number of carbonyl (C=O) groups is 1. The number of nitrogens with one attached hydrogen (secondary N) is 3. The standard InChI is InChI=1S/C27H36N4O.ClH/c1-31-15-12-21-16-23(9-8-22(21)18-31)30-24-10-11-25(19-6-7-19)26(17-24)28-13-3-14-29-27(32)20-4-2-5-20;/h8-11,16-17,19-20,28,30H,2-7,12-15,18H2,1H3,(H,29,32);1H. The van der Waals surface area contributed by atoms with E-state index in [1.54, 1.807) is 0 Å². The molecule has 6 heteroatoms. The first-order chi connectivity index (χ1) is 15.7. The molecule has 0 saturated heterocycles. The van der Waals surface area contributed by atoms with Gasteiger partial charge in [0.1, 0.15) is 0 Å². The molecular formula is C27H37ClN4O. The van der Waals surface area contributed by atoms with Crippen LogP contribution in [0.3, 0.4) is 0 Å². The molecule has 0 unspecified atom stereocenters. The van der Waals surface area contributed by atoms with Crippen LogP contribution in [0, 0.1) is 5.92 Å². The fourth-order valence-corrected chi connectivity index (χ4v) is 4.81. The molecule has 2 aliphatic carbocycles. The van der Waals surface area contributed by atoms with Gasteiger partial charge < -0.3 is 20.9 Å². The normalized spacial score (nSPS) is 18.0. The Morgan fingerprint density at radius 3 is 2.55 bits per heavy atom. The zero-order valence-corrected chi connectivity index (χ0v) is 20.5. The lowest BCUT2D eigenvalue weighted by Gasteiger charge is -2.25. The maximum absolute atomic E-state index is 12.0. The van der Waals surface area contributed by atoms with Gasteiger partial charge in [-0.1, -0.05) is 18.6 Å². The van der Waals surface area contributed by atoms with Gasteiger partial charge in [0, 0.05) is 49.2 Å². The number of nitrogens with zero attached hydrogens (tertiary/aromatic N) is 1. The van der Waals surface area contributed by atoms with E-state index in [9.17, 15) is 4.79 Å². The summed E-state index contributed by atoms with van der Waals surface area (Å²) >= 11 is 0. The summed E-state index contributed by atoms with van der Waals surface area (Å²) in [7, 11) is 2.19. The Labute approximate surface area is 204 Å². The van der Waals surface area contributed by atoms with Gasteiger partial charge >= 0.3 is 0 Å². The minimum atomic E-state index is 0.